The highest BCUT2D eigenvalue weighted by molar-refractivity contribution is 5.34. The highest BCUT2D eigenvalue weighted by Gasteiger charge is 2.00. The molecule has 1 heterocycles. The van der Waals surface area contributed by atoms with E-state index in [9.17, 15) is 0 Å². The van der Waals surface area contributed by atoms with Crippen LogP contribution < -0.4 is 10.1 Å². The van der Waals surface area contributed by atoms with Crippen molar-refractivity contribution in [3.63, 3.8) is 0 Å². The van der Waals surface area contributed by atoms with E-state index >= 15 is 0 Å². The van der Waals surface area contributed by atoms with E-state index in [1.807, 2.05) is 24.3 Å². The van der Waals surface area contributed by atoms with Crippen LogP contribution in [-0.2, 0) is 6.42 Å². The predicted molar refractivity (Wildman–Crippen MR) is 67.5 cm³/mol. The Hall–Kier alpha value is -2.10. The molecule has 17 heavy (non-hydrogen) atoms. The van der Waals surface area contributed by atoms with Gasteiger partial charge in [0, 0.05) is 7.05 Å². The number of nitrogens with zero attached hydrogens (tertiary/aromatic N) is 2. The first-order chi connectivity index (χ1) is 8.31. The number of anilines is 1. The van der Waals surface area contributed by atoms with Gasteiger partial charge in [-0.05, 0) is 24.1 Å². The first-order valence-corrected chi connectivity index (χ1v) is 5.58. The van der Waals surface area contributed by atoms with Crippen LogP contribution >= 0.6 is 0 Å². The Bertz CT molecular complexity index is 482. The van der Waals surface area contributed by atoms with Crippen molar-refractivity contribution in [3.05, 3.63) is 42.2 Å². The summed E-state index contributed by atoms with van der Waals surface area (Å²) in [7, 11) is 1.80. The van der Waals surface area contributed by atoms with E-state index in [4.69, 9.17) is 4.74 Å². The van der Waals surface area contributed by atoms with E-state index in [-0.39, 0.29) is 0 Å². The molecule has 0 spiro atoms. The molecule has 0 saturated heterocycles. The van der Waals surface area contributed by atoms with E-state index < -0.39 is 0 Å². The topological polar surface area (TPSA) is 47.0 Å². The summed E-state index contributed by atoms with van der Waals surface area (Å²) in [4.78, 5) is 8.27. The third-order valence-electron chi connectivity index (χ3n) is 2.42. The molecule has 2 rings (SSSR count). The fourth-order valence-electron chi connectivity index (χ4n) is 1.43. The summed E-state index contributed by atoms with van der Waals surface area (Å²) >= 11 is 0. The summed E-state index contributed by atoms with van der Waals surface area (Å²) < 4.78 is 5.61. The lowest BCUT2D eigenvalue weighted by Crippen LogP contribution is -1.95. The maximum Gasteiger partial charge on any atom is 0.239 e. The van der Waals surface area contributed by atoms with E-state index in [1.54, 1.807) is 19.4 Å². The molecule has 4 heteroatoms. The number of aryl methyl sites for hydroxylation is 1. The summed E-state index contributed by atoms with van der Waals surface area (Å²) in [5, 5.41) is 2.92. The second-order valence-electron chi connectivity index (χ2n) is 3.59. The smallest absolute Gasteiger partial charge is 0.239 e. The molecule has 0 amide bonds. The molecule has 1 N–H and O–H groups in total. The minimum absolute atomic E-state index is 0.487. The molecule has 0 bridgehead atoms. The Morgan fingerprint density at radius 1 is 1.18 bits per heavy atom. The quantitative estimate of drug-likeness (QED) is 0.875. The second-order valence-corrected chi connectivity index (χ2v) is 3.59. The van der Waals surface area contributed by atoms with Gasteiger partial charge in [-0.15, -0.1) is 0 Å². The fourth-order valence-corrected chi connectivity index (χ4v) is 1.43. The molecule has 0 unspecified atom stereocenters. The molecule has 2 aromatic rings. The van der Waals surface area contributed by atoms with Crippen LogP contribution in [0, 0.1) is 0 Å². The molecule has 0 aliphatic heterocycles. The lowest BCUT2D eigenvalue weighted by Gasteiger charge is -2.06. The Morgan fingerprint density at radius 2 is 1.94 bits per heavy atom. The van der Waals surface area contributed by atoms with Gasteiger partial charge in [-0.3, -0.25) is 4.98 Å². The van der Waals surface area contributed by atoms with Crippen molar-refractivity contribution in [2.24, 2.45) is 0 Å². The maximum atomic E-state index is 5.61. The average molecular weight is 229 g/mol. The van der Waals surface area contributed by atoms with Crippen molar-refractivity contribution in [1.82, 2.24) is 9.97 Å². The van der Waals surface area contributed by atoms with Crippen LogP contribution in [0.1, 0.15) is 12.5 Å². The van der Waals surface area contributed by atoms with Crippen molar-refractivity contribution in [2.75, 3.05) is 12.4 Å². The highest BCUT2D eigenvalue weighted by atomic mass is 16.5. The summed E-state index contributed by atoms with van der Waals surface area (Å²) in [5.41, 5.74) is 1.28. The molecule has 0 radical (unpaired) electrons. The van der Waals surface area contributed by atoms with Gasteiger partial charge in [0.2, 0.25) is 5.88 Å². The minimum atomic E-state index is 0.487. The standard InChI is InChI=1S/C13H15N3O/c1-3-10-4-6-11(7-5-10)17-13-9-15-8-12(14-2)16-13/h4-9H,3H2,1-2H3,(H,14,16). The number of nitrogens with one attached hydrogen (secondary N) is 1. The number of aromatic nitrogens is 2. The lowest BCUT2D eigenvalue weighted by molar-refractivity contribution is 0.461. The van der Waals surface area contributed by atoms with Crippen molar-refractivity contribution >= 4 is 5.82 Å². The normalized spacial score (nSPS) is 10.0. The third-order valence-corrected chi connectivity index (χ3v) is 2.42. The largest absolute Gasteiger partial charge is 0.437 e. The van der Waals surface area contributed by atoms with Crippen LogP contribution in [-0.4, -0.2) is 17.0 Å². The summed E-state index contributed by atoms with van der Waals surface area (Å²) in [6.07, 6.45) is 4.26. The Kier molecular flexibility index (Phi) is 3.55. The number of hydrogen-bond acceptors (Lipinski definition) is 4. The molecule has 4 nitrogen and oxygen atoms in total. The molecular formula is C13H15N3O. The number of benzene rings is 1. The number of hydrogen-bond donors (Lipinski definition) is 1. The van der Waals surface area contributed by atoms with Gasteiger partial charge in [0.05, 0.1) is 12.4 Å². The average Bonchev–Trinajstić information content (AvgIpc) is 2.40. The summed E-state index contributed by atoms with van der Waals surface area (Å²) in [5.74, 6) is 1.94. The Labute approximate surface area is 101 Å². The van der Waals surface area contributed by atoms with Crippen LogP contribution in [0.4, 0.5) is 5.82 Å². The molecule has 0 aliphatic rings. The van der Waals surface area contributed by atoms with Crippen LogP contribution in [0.25, 0.3) is 0 Å². The van der Waals surface area contributed by atoms with E-state index in [0.717, 1.165) is 12.2 Å². The van der Waals surface area contributed by atoms with E-state index in [0.29, 0.717) is 11.7 Å². The van der Waals surface area contributed by atoms with Gasteiger partial charge in [0.25, 0.3) is 0 Å². The Morgan fingerprint density at radius 3 is 2.59 bits per heavy atom. The molecule has 0 atom stereocenters. The van der Waals surface area contributed by atoms with Crippen molar-refractivity contribution in [1.29, 1.82) is 0 Å². The van der Waals surface area contributed by atoms with Crippen molar-refractivity contribution in [3.8, 4) is 11.6 Å². The van der Waals surface area contributed by atoms with Gasteiger partial charge in [-0.25, -0.2) is 0 Å². The van der Waals surface area contributed by atoms with E-state index in [1.165, 1.54) is 5.56 Å². The maximum absolute atomic E-state index is 5.61. The molecular weight excluding hydrogens is 214 g/mol. The minimum Gasteiger partial charge on any atom is -0.437 e. The van der Waals surface area contributed by atoms with Gasteiger partial charge in [-0.2, -0.15) is 4.98 Å². The first kappa shape index (κ1) is 11.4. The monoisotopic (exact) mass is 229 g/mol. The highest BCUT2D eigenvalue weighted by Crippen LogP contribution is 2.20. The van der Waals surface area contributed by atoms with E-state index in [2.05, 4.69) is 22.2 Å². The molecule has 88 valence electrons. The van der Waals surface area contributed by atoms with Gasteiger partial charge in [0.15, 0.2) is 0 Å². The third kappa shape index (κ3) is 2.93. The zero-order valence-corrected chi connectivity index (χ0v) is 9.97. The zero-order valence-electron chi connectivity index (χ0n) is 9.97. The number of rotatable bonds is 4. The van der Waals surface area contributed by atoms with Gasteiger partial charge < -0.3 is 10.1 Å². The van der Waals surface area contributed by atoms with Crippen LogP contribution in [0.3, 0.4) is 0 Å². The van der Waals surface area contributed by atoms with Crippen molar-refractivity contribution < 1.29 is 4.74 Å². The van der Waals surface area contributed by atoms with Crippen LogP contribution in [0.5, 0.6) is 11.6 Å². The Balaban J connectivity index is 2.13. The molecule has 0 saturated carbocycles. The van der Waals surface area contributed by atoms with Gasteiger partial charge in [-0.1, -0.05) is 19.1 Å². The fraction of sp³-hybridized carbons (Fsp3) is 0.231. The lowest BCUT2D eigenvalue weighted by atomic mass is 10.2. The van der Waals surface area contributed by atoms with Crippen molar-refractivity contribution in [2.45, 2.75) is 13.3 Å². The molecule has 1 aromatic heterocycles. The molecule has 1 aromatic carbocycles. The first-order valence-electron chi connectivity index (χ1n) is 5.58. The summed E-state index contributed by atoms with van der Waals surface area (Å²) in [6, 6.07) is 7.97. The summed E-state index contributed by atoms with van der Waals surface area (Å²) in [6.45, 7) is 2.12. The van der Waals surface area contributed by atoms with Crippen LogP contribution in [0.15, 0.2) is 36.7 Å². The molecule has 0 aliphatic carbocycles. The SMILES string of the molecule is CCc1ccc(Oc2cncc(NC)n2)cc1. The predicted octanol–water partition coefficient (Wildman–Crippen LogP) is 2.87. The second kappa shape index (κ2) is 5.30. The van der Waals surface area contributed by atoms with Crippen LogP contribution in [0.2, 0.25) is 0 Å². The van der Waals surface area contributed by atoms with Gasteiger partial charge >= 0.3 is 0 Å². The zero-order chi connectivity index (χ0) is 12.1. The van der Waals surface area contributed by atoms with Gasteiger partial charge in [0.1, 0.15) is 11.6 Å². The molecule has 0 fully saturated rings. The number of ether oxygens (including phenoxy) is 1.